The van der Waals surface area contributed by atoms with Gasteiger partial charge >= 0.3 is 0 Å². The molecule has 38 heavy (non-hydrogen) atoms. The molecule has 3 fully saturated rings. The van der Waals surface area contributed by atoms with E-state index in [4.69, 9.17) is 4.74 Å². The summed E-state index contributed by atoms with van der Waals surface area (Å²) in [5.74, 6) is -1.91. The van der Waals surface area contributed by atoms with Crippen molar-refractivity contribution in [3.8, 4) is 0 Å². The van der Waals surface area contributed by atoms with Gasteiger partial charge in [0.15, 0.2) is 0 Å². The molecule has 1 aliphatic carbocycles. The number of aliphatic hydroxyl groups is 1. The summed E-state index contributed by atoms with van der Waals surface area (Å²) in [6.45, 7) is 1.28. The molecule has 6 rings (SSSR count). The van der Waals surface area contributed by atoms with Crippen LogP contribution in [0.3, 0.4) is 0 Å². The lowest BCUT2D eigenvalue weighted by Crippen LogP contribution is -2.57. The minimum atomic E-state index is -1.19. The number of unbranched alkanes of at least 4 members (excludes halogenated alkanes) is 1. The summed E-state index contributed by atoms with van der Waals surface area (Å²) in [5.41, 5.74) is -0.409. The van der Waals surface area contributed by atoms with Gasteiger partial charge in [-0.1, -0.05) is 61.8 Å². The van der Waals surface area contributed by atoms with Crippen LogP contribution >= 0.6 is 0 Å². The zero-order valence-electron chi connectivity index (χ0n) is 21.8. The van der Waals surface area contributed by atoms with E-state index in [1.165, 1.54) is 6.42 Å². The highest BCUT2D eigenvalue weighted by atomic mass is 16.5. The summed E-state index contributed by atoms with van der Waals surface area (Å²) in [7, 11) is 0. The molecule has 0 aromatic heterocycles. The zero-order valence-corrected chi connectivity index (χ0v) is 21.8. The highest BCUT2D eigenvalue weighted by Gasteiger charge is 2.71. The van der Waals surface area contributed by atoms with Crippen molar-refractivity contribution in [2.75, 3.05) is 31.1 Å². The lowest BCUT2D eigenvalue weighted by molar-refractivity contribution is -0.149. The van der Waals surface area contributed by atoms with Crippen LogP contribution in [0, 0.1) is 11.8 Å². The summed E-state index contributed by atoms with van der Waals surface area (Å²) in [5, 5.41) is 9.39. The summed E-state index contributed by atoms with van der Waals surface area (Å²) < 4.78 is 6.73. The molecule has 2 saturated heterocycles. The fraction of sp³-hybridized carbons (Fsp3) is 0.567. The SMILES string of the molecule is O=C1[C@@H]2[C@H]3C(=O)N(CCCCO)C4C(=O)N(C5CCCCC5)CC=C[C@@]43O[C@@H]2C=CCN1c1ccccc1. The lowest BCUT2D eigenvalue weighted by Gasteiger charge is -2.39. The molecule has 1 aromatic carbocycles. The molecule has 1 unspecified atom stereocenters. The molecule has 8 nitrogen and oxygen atoms in total. The monoisotopic (exact) mass is 519 g/mol. The summed E-state index contributed by atoms with van der Waals surface area (Å²) in [6.07, 6.45) is 13.6. The molecule has 1 aromatic rings. The highest BCUT2D eigenvalue weighted by molar-refractivity contribution is 6.03. The zero-order chi connectivity index (χ0) is 26.3. The van der Waals surface area contributed by atoms with E-state index in [0.29, 0.717) is 32.5 Å². The van der Waals surface area contributed by atoms with E-state index in [1.54, 1.807) is 9.80 Å². The molecule has 1 N–H and O–H groups in total. The molecular formula is C30H37N3O5. The number of para-hydroxylation sites is 1. The molecule has 0 radical (unpaired) electrons. The number of rotatable bonds is 6. The Labute approximate surface area is 223 Å². The van der Waals surface area contributed by atoms with Crippen LogP contribution in [0.2, 0.25) is 0 Å². The number of carbonyl (C=O) groups is 3. The van der Waals surface area contributed by atoms with E-state index in [2.05, 4.69) is 0 Å². The Kier molecular flexibility index (Phi) is 6.86. The maximum atomic E-state index is 14.3. The lowest BCUT2D eigenvalue weighted by atomic mass is 9.77. The van der Waals surface area contributed by atoms with E-state index in [9.17, 15) is 19.5 Å². The maximum Gasteiger partial charge on any atom is 0.249 e. The van der Waals surface area contributed by atoms with Gasteiger partial charge < -0.3 is 24.5 Å². The number of aliphatic hydroxyl groups excluding tert-OH is 1. The second kappa shape index (κ2) is 10.3. The number of ether oxygens (including phenoxy) is 1. The molecular weight excluding hydrogens is 482 g/mol. The van der Waals surface area contributed by atoms with Crippen molar-refractivity contribution in [1.29, 1.82) is 0 Å². The highest BCUT2D eigenvalue weighted by Crippen LogP contribution is 2.54. The van der Waals surface area contributed by atoms with Crippen LogP contribution in [0.25, 0.3) is 0 Å². The molecule has 202 valence electrons. The molecule has 4 aliphatic heterocycles. The van der Waals surface area contributed by atoms with Gasteiger partial charge in [0.05, 0.1) is 17.9 Å². The second-order valence-electron chi connectivity index (χ2n) is 11.2. The van der Waals surface area contributed by atoms with Gasteiger partial charge in [0, 0.05) is 38.0 Å². The fourth-order valence-corrected chi connectivity index (χ4v) is 7.35. The van der Waals surface area contributed by atoms with Crippen LogP contribution in [-0.2, 0) is 19.1 Å². The van der Waals surface area contributed by atoms with Crippen molar-refractivity contribution in [3.63, 3.8) is 0 Å². The van der Waals surface area contributed by atoms with Crippen molar-refractivity contribution in [1.82, 2.24) is 9.80 Å². The summed E-state index contributed by atoms with van der Waals surface area (Å²) in [6, 6.07) is 8.85. The molecule has 4 heterocycles. The number of benzene rings is 1. The topological polar surface area (TPSA) is 90.4 Å². The fourth-order valence-electron chi connectivity index (χ4n) is 7.35. The number of nitrogens with zero attached hydrogens (tertiary/aromatic N) is 3. The number of hydrogen-bond acceptors (Lipinski definition) is 5. The average molecular weight is 520 g/mol. The van der Waals surface area contributed by atoms with Crippen molar-refractivity contribution in [2.24, 2.45) is 11.8 Å². The third kappa shape index (κ3) is 4.00. The van der Waals surface area contributed by atoms with E-state index in [0.717, 1.165) is 31.4 Å². The van der Waals surface area contributed by atoms with E-state index in [1.807, 2.05) is 59.5 Å². The van der Waals surface area contributed by atoms with Crippen LogP contribution in [0.5, 0.6) is 0 Å². The van der Waals surface area contributed by atoms with Gasteiger partial charge in [-0.25, -0.2) is 0 Å². The first kappa shape index (κ1) is 25.3. The first-order chi connectivity index (χ1) is 18.6. The number of anilines is 1. The van der Waals surface area contributed by atoms with Gasteiger partial charge in [-0.15, -0.1) is 0 Å². The Morgan fingerprint density at radius 1 is 0.921 bits per heavy atom. The van der Waals surface area contributed by atoms with Gasteiger partial charge in [-0.05, 0) is 37.8 Å². The number of likely N-dealkylation sites (tertiary alicyclic amines) is 1. The summed E-state index contributed by atoms with van der Waals surface area (Å²) in [4.78, 5) is 48.0. The first-order valence-corrected chi connectivity index (χ1v) is 14.2. The molecule has 3 amide bonds. The van der Waals surface area contributed by atoms with Crippen molar-refractivity contribution < 1.29 is 24.2 Å². The second-order valence-corrected chi connectivity index (χ2v) is 11.2. The van der Waals surface area contributed by atoms with Crippen LogP contribution in [-0.4, -0.2) is 82.7 Å². The summed E-state index contributed by atoms with van der Waals surface area (Å²) >= 11 is 0. The Hall–Kier alpha value is -2.97. The van der Waals surface area contributed by atoms with Gasteiger partial charge in [0.1, 0.15) is 11.6 Å². The largest absolute Gasteiger partial charge is 0.396 e. The van der Waals surface area contributed by atoms with Gasteiger partial charge in [-0.2, -0.15) is 0 Å². The first-order valence-electron chi connectivity index (χ1n) is 14.2. The predicted octanol–water partition coefficient (Wildman–Crippen LogP) is 2.67. The Morgan fingerprint density at radius 2 is 1.71 bits per heavy atom. The number of amides is 3. The normalized spacial score (nSPS) is 33.3. The van der Waals surface area contributed by atoms with Crippen LogP contribution in [0.1, 0.15) is 44.9 Å². The Morgan fingerprint density at radius 3 is 2.47 bits per heavy atom. The number of hydrogen-bond donors (Lipinski definition) is 1. The smallest absolute Gasteiger partial charge is 0.249 e. The number of carbonyl (C=O) groups excluding carboxylic acids is 3. The predicted molar refractivity (Wildman–Crippen MR) is 142 cm³/mol. The van der Waals surface area contributed by atoms with Crippen LogP contribution in [0.15, 0.2) is 54.6 Å². The maximum absolute atomic E-state index is 14.3. The molecule has 1 spiro atoms. The van der Waals surface area contributed by atoms with Gasteiger partial charge in [-0.3, -0.25) is 14.4 Å². The van der Waals surface area contributed by atoms with Crippen molar-refractivity contribution in [3.05, 3.63) is 54.6 Å². The molecule has 8 heteroatoms. The Balaban J connectivity index is 1.39. The van der Waals surface area contributed by atoms with E-state index in [-0.39, 0.29) is 30.4 Å². The van der Waals surface area contributed by atoms with E-state index >= 15 is 0 Å². The van der Waals surface area contributed by atoms with Crippen LogP contribution in [0.4, 0.5) is 5.69 Å². The van der Waals surface area contributed by atoms with Crippen LogP contribution < -0.4 is 4.90 Å². The third-order valence-corrected chi connectivity index (χ3v) is 9.08. The average Bonchev–Trinajstić information content (AvgIpc) is 3.24. The van der Waals surface area contributed by atoms with Gasteiger partial charge in [0.2, 0.25) is 17.7 Å². The Bertz CT molecular complexity index is 1130. The van der Waals surface area contributed by atoms with E-state index < -0.39 is 29.6 Å². The van der Waals surface area contributed by atoms with Crippen molar-refractivity contribution >= 4 is 23.4 Å². The molecule has 0 bridgehead atoms. The molecule has 5 aliphatic rings. The van der Waals surface area contributed by atoms with Crippen molar-refractivity contribution in [2.45, 2.75) is 68.7 Å². The minimum Gasteiger partial charge on any atom is -0.396 e. The standard InChI is InChI=1S/C30H37N3O5/c34-20-8-7-17-33-26-29(37)32(22-13-5-2-6-14-22)19-10-16-30(26)25(28(33)36)24-23(38-30)15-9-18-31(27(24)35)21-11-3-1-4-12-21/h1,3-4,9-12,15-16,22-26,34H,2,5-8,13-14,17-20H2/t23-,24+,25+,26?,30+/m1/s1. The molecule has 5 atom stereocenters. The van der Waals surface area contributed by atoms with Gasteiger partial charge in [0.25, 0.3) is 0 Å². The minimum absolute atomic E-state index is 0.0276. The third-order valence-electron chi connectivity index (χ3n) is 9.08. The quantitative estimate of drug-likeness (QED) is 0.461. The molecule has 1 saturated carbocycles. The number of fused-ring (bicyclic) bond motifs is 2.